The second-order valence-electron chi connectivity index (χ2n) is 5.89. The van der Waals surface area contributed by atoms with Gasteiger partial charge in [-0.2, -0.15) is 0 Å². The predicted octanol–water partition coefficient (Wildman–Crippen LogP) is 3.05. The lowest BCUT2D eigenvalue weighted by molar-refractivity contribution is 0.0881. The SMILES string of the molecule is CC1CCCC(CNc2ncncc2Cl)(N(C)C)C1. The Morgan fingerprint density at radius 1 is 1.53 bits per heavy atom. The van der Waals surface area contributed by atoms with Crippen molar-refractivity contribution in [1.29, 1.82) is 0 Å². The van der Waals surface area contributed by atoms with Gasteiger partial charge in [0.2, 0.25) is 0 Å². The molecule has 5 heteroatoms. The molecule has 2 unspecified atom stereocenters. The van der Waals surface area contributed by atoms with Gasteiger partial charge in [-0.3, -0.25) is 0 Å². The third kappa shape index (κ3) is 3.37. The molecule has 4 nitrogen and oxygen atoms in total. The van der Waals surface area contributed by atoms with E-state index < -0.39 is 0 Å². The van der Waals surface area contributed by atoms with Gasteiger partial charge in [-0.15, -0.1) is 0 Å². The summed E-state index contributed by atoms with van der Waals surface area (Å²) in [5.74, 6) is 1.51. The Morgan fingerprint density at radius 3 is 2.95 bits per heavy atom. The van der Waals surface area contributed by atoms with E-state index in [0.717, 1.165) is 18.3 Å². The van der Waals surface area contributed by atoms with E-state index in [0.29, 0.717) is 5.02 Å². The maximum Gasteiger partial charge on any atom is 0.148 e. The predicted molar refractivity (Wildman–Crippen MR) is 79.6 cm³/mol. The molecule has 1 saturated carbocycles. The number of aromatic nitrogens is 2. The first kappa shape index (κ1) is 14.5. The lowest BCUT2D eigenvalue weighted by Gasteiger charge is -2.45. The van der Waals surface area contributed by atoms with Crippen LogP contribution in [-0.2, 0) is 0 Å². The zero-order valence-electron chi connectivity index (χ0n) is 12.0. The summed E-state index contributed by atoms with van der Waals surface area (Å²) in [7, 11) is 4.34. The summed E-state index contributed by atoms with van der Waals surface area (Å²) in [6.07, 6.45) is 8.22. The summed E-state index contributed by atoms with van der Waals surface area (Å²) in [5.41, 5.74) is 0.200. The number of halogens is 1. The number of nitrogens with one attached hydrogen (secondary N) is 1. The molecule has 1 aromatic rings. The van der Waals surface area contributed by atoms with Crippen molar-refractivity contribution in [3.05, 3.63) is 17.5 Å². The summed E-state index contributed by atoms with van der Waals surface area (Å²) in [6.45, 7) is 3.22. The van der Waals surface area contributed by atoms with Gasteiger partial charge in [-0.25, -0.2) is 9.97 Å². The molecular weight excluding hydrogens is 260 g/mol. The van der Waals surface area contributed by atoms with E-state index in [-0.39, 0.29) is 5.54 Å². The van der Waals surface area contributed by atoms with Crippen LogP contribution in [0.3, 0.4) is 0 Å². The second kappa shape index (κ2) is 6.06. The van der Waals surface area contributed by atoms with Gasteiger partial charge in [0.05, 0.1) is 6.20 Å². The van der Waals surface area contributed by atoms with Crippen molar-refractivity contribution >= 4 is 17.4 Å². The molecule has 1 aliphatic rings. The largest absolute Gasteiger partial charge is 0.367 e. The van der Waals surface area contributed by atoms with Crippen molar-refractivity contribution in [1.82, 2.24) is 14.9 Å². The Morgan fingerprint density at radius 2 is 2.32 bits per heavy atom. The van der Waals surface area contributed by atoms with Crippen LogP contribution in [0.25, 0.3) is 0 Å². The molecule has 19 heavy (non-hydrogen) atoms. The van der Waals surface area contributed by atoms with Crippen LogP contribution in [0.2, 0.25) is 5.02 Å². The van der Waals surface area contributed by atoms with Crippen LogP contribution in [0.15, 0.2) is 12.5 Å². The molecule has 0 amide bonds. The minimum atomic E-state index is 0.200. The number of anilines is 1. The quantitative estimate of drug-likeness (QED) is 0.922. The number of nitrogens with zero attached hydrogens (tertiary/aromatic N) is 3. The highest BCUT2D eigenvalue weighted by Crippen LogP contribution is 2.36. The van der Waals surface area contributed by atoms with E-state index in [1.807, 2.05) is 0 Å². The Kier molecular flexibility index (Phi) is 4.63. The Bertz CT molecular complexity index is 424. The van der Waals surface area contributed by atoms with Gasteiger partial charge in [0, 0.05) is 12.1 Å². The highest BCUT2D eigenvalue weighted by molar-refractivity contribution is 6.32. The van der Waals surface area contributed by atoms with Crippen molar-refractivity contribution in [3.63, 3.8) is 0 Å². The average Bonchev–Trinajstić information content (AvgIpc) is 2.38. The van der Waals surface area contributed by atoms with Crippen LogP contribution >= 0.6 is 11.6 Å². The normalized spacial score (nSPS) is 27.5. The molecule has 1 N–H and O–H groups in total. The maximum atomic E-state index is 6.09. The highest BCUT2D eigenvalue weighted by Gasteiger charge is 2.36. The van der Waals surface area contributed by atoms with E-state index in [4.69, 9.17) is 11.6 Å². The van der Waals surface area contributed by atoms with Gasteiger partial charge >= 0.3 is 0 Å². The van der Waals surface area contributed by atoms with E-state index in [2.05, 4.69) is 41.2 Å². The molecule has 1 fully saturated rings. The molecule has 2 atom stereocenters. The van der Waals surface area contributed by atoms with Gasteiger partial charge in [0.25, 0.3) is 0 Å². The van der Waals surface area contributed by atoms with Crippen LogP contribution < -0.4 is 5.32 Å². The molecule has 1 aromatic heterocycles. The number of hydrogen-bond acceptors (Lipinski definition) is 4. The third-order valence-corrected chi connectivity index (χ3v) is 4.55. The van der Waals surface area contributed by atoms with Gasteiger partial charge in [0.1, 0.15) is 17.2 Å². The van der Waals surface area contributed by atoms with Crippen LogP contribution in [0, 0.1) is 5.92 Å². The minimum Gasteiger partial charge on any atom is -0.367 e. The fraction of sp³-hybridized carbons (Fsp3) is 0.714. The van der Waals surface area contributed by atoms with Crippen LogP contribution in [0.4, 0.5) is 5.82 Å². The van der Waals surface area contributed by atoms with Crippen molar-refractivity contribution in [2.75, 3.05) is 26.0 Å². The monoisotopic (exact) mass is 282 g/mol. The van der Waals surface area contributed by atoms with Gasteiger partial charge in [-0.05, 0) is 32.9 Å². The highest BCUT2D eigenvalue weighted by atomic mass is 35.5. The zero-order valence-corrected chi connectivity index (χ0v) is 12.7. The zero-order chi connectivity index (χ0) is 13.9. The Labute approximate surface area is 120 Å². The van der Waals surface area contributed by atoms with E-state index in [9.17, 15) is 0 Å². The van der Waals surface area contributed by atoms with Crippen molar-refractivity contribution in [2.24, 2.45) is 5.92 Å². The van der Waals surface area contributed by atoms with Crippen LogP contribution in [0.1, 0.15) is 32.6 Å². The van der Waals surface area contributed by atoms with Crippen LogP contribution in [0.5, 0.6) is 0 Å². The molecule has 0 saturated heterocycles. The molecule has 1 heterocycles. The van der Waals surface area contributed by atoms with Gasteiger partial charge < -0.3 is 10.2 Å². The summed E-state index contributed by atoms with van der Waals surface area (Å²) in [5, 5.41) is 3.98. The summed E-state index contributed by atoms with van der Waals surface area (Å²) >= 11 is 6.09. The Balaban J connectivity index is 2.07. The maximum absolute atomic E-state index is 6.09. The number of hydrogen-bond donors (Lipinski definition) is 1. The smallest absolute Gasteiger partial charge is 0.148 e. The fourth-order valence-corrected chi connectivity index (χ4v) is 3.22. The second-order valence-corrected chi connectivity index (χ2v) is 6.30. The molecule has 0 aromatic carbocycles. The third-order valence-electron chi connectivity index (χ3n) is 4.27. The van der Waals surface area contributed by atoms with Gasteiger partial charge in [-0.1, -0.05) is 31.4 Å². The number of likely N-dealkylation sites (N-methyl/N-ethyl adjacent to an activating group) is 1. The molecule has 0 radical (unpaired) electrons. The molecule has 0 aliphatic heterocycles. The summed E-state index contributed by atoms with van der Waals surface area (Å²) in [6, 6.07) is 0. The molecule has 106 valence electrons. The first-order valence-electron chi connectivity index (χ1n) is 6.90. The molecule has 2 rings (SSSR count). The molecule has 1 aliphatic carbocycles. The number of rotatable bonds is 4. The van der Waals surface area contributed by atoms with Crippen molar-refractivity contribution in [3.8, 4) is 0 Å². The first-order chi connectivity index (χ1) is 9.03. The summed E-state index contributed by atoms with van der Waals surface area (Å²) in [4.78, 5) is 10.5. The standard InChI is InChI=1S/C14H23ClN4/c1-11-5-4-6-14(7-11,19(2)3)9-17-13-12(15)8-16-10-18-13/h8,10-11H,4-7,9H2,1-3H3,(H,16,17,18). The average molecular weight is 283 g/mol. The topological polar surface area (TPSA) is 41.1 Å². The first-order valence-corrected chi connectivity index (χ1v) is 7.28. The van der Waals surface area contributed by atoms with E-state index >= 15 is 0 Å². The molecule has 0 bridgehead atoms. The van der Waals surface area contributed by atoms with E-state index in [1.165, 1.54) is 32.0 Å². The van der Waals surface area contributed by atoms with Crippen molar-refractivity contribution < 1.29 is 0 Å². The lowest BCUT2D eigenvalue weighted by Crippen LogP contribution is -2.52. The Hall–Kier alpha value is -0.870. The minimum absolute atomic E-state index is 0.200. The molecular formula is C14H23ClN4. The fourth-order valence-electron chi connectivity index (χ4n) is 3.05. The summed E-state index contributed by atoms with van der Waals surface area (Å²) < 4.78 is 0. The van der Waals surface area contributed by atoms with Crippen LogP contribution in [-0.4, -0.2) is 41.0 Å². The lowest BCUT2D eigenvalue weighted by atomic mass is 9.75. The van der Waals surface area contributed by atoms with Gasteiger partial charge in [0.15, 0.2) is 0 Å². The van der Waals surface area contributed by atoms with Crippen molar-refractivity contribution in [2.45, 2.75) is 38.1 Å². The van der Waals surface area contributed by atoms with E-state index in [1.54, 1.807) is 6.20 Å². The molecule has 0 spiro atoms.